The van der Waals surface area contributed by atoms with Crippen LogP contribution >= 0.6 is 0 Å². The molecule has 2 heterocycles. The molecule has 20 heavy (non-hydrogen) atoms. The highest BCUT2D eigenvalue weighted by molar-refractivity contribution is 5.94. The summed E-state index contributed by atoms with van der Waals surface area (Å²) >= 11 is 0. The average Bonchev–Trinajstić information content (AvgIpc) is 3.05. The minimum atomic E-state index is -0.0358. The zero-order valence-electron chi connectivity index (χ0n) is 11.3. The summed E-state index contributed by atoms with van der Waals surface area (Å²) in [6.07, 6.45) is 1.82. The van der Waals surface area contributed by atoms with Gasteiger partial charge >= 0.3 is 6.03 Å². The number of urea groups is 1. The molecule has 1 aromatic heterocycles. The van der Waals surface area contributed by atoms with Crippen molar-refractivity contribution in [2.45, 2.75) is 13.5 Å². The first kappa shape index (κ1) is 12.5. The van der Waals surface area contributed by atoms with Crippen molar-refractivity contribution in [3.8, 4) is 0 Å². The molecule has 1 aromatic carbocycles. The molecule has 1 aliphatic heterocycles. The second kappa shape index (κ2) is 5.24. The van der Waals surface area contributed by atoms with Gasteiger partial charge in [0.25, 0.3) is 0 Å². The number of aromatic amines is 1. The molecule has 2 amide bonds. The molecule has 6 nitrogen and oxygen atoms in total. The number of aromatic nitrogens is 2. The number of nitrogens with one attached hydrogen (secondary N) is 3. The van der Waals surface area contributed by atoms with Gasteiger partial charge in [-0.15, -0.1) is 0 Å². The maximum absolute atomic E-state index is 11.6. The van der Waals surface area contributed by atoms with Gasteiger partial charge in [0.1, 0.15) is 5.82 Å². The van der Waals surface area contributed by atoms with Crippen LogP contribution in [0.25, 0.3) is 0 Å². The van der Waals surface area contributed by atoms with Crippen molar-refractivity contribution >= 4 is 17.4 Å². The Morgan fingerprint density at radius 2 is 2.35 bits per heavy atom. The summed E-state index contributed by atoms with van der Waals surface area (Å²) in [6.45, 7) is 4.01. The van der Waals surface area contributed by atoms with Gasteiger partial charge in [-0.3, -0.25) is 4.90 Å². The van der Waals surface area contributed by atoms with Gasteiger partial charge in [0.15, 0.2) is 0 Å². The number of benzene rings is 1. The van der Waals surface area contributed by atoms with Crippen molar-refractivity contribution in [3.63, 3.8) is 0 Å². The molecule has 0 bridgehead atoms. The number of hydrogen-bond acceptors (Lipinski definition) is 3. The third-order valence-corrected chi connectivity index (χ3v) is 3.25. The second-order valence-electron chi connectivity index (χ2n) is 4.78. The van der Waals surface area contributed by atoms with Gasteiger partial charge in [0, 0.05) is 24.5 Å². The van der Waals surface area contributed by atoms with Crippen LogP contribution < -0.4 is 15.5 Å². The fourth-order valence-corrected chi connectivity index (χ4v) is 2.26. The van der Waals surface area contributed by atoms with Crippen molar-refractivity contribution in [1.29, 1.82) is 0 Å². The summed E-state index contributed by atoms with van der Waals surface area (Å²) < 4.78 is 0. The largest absolute Gasteiger partial charge is 0.379 e. The Labute approximate surface area is 117 Å². The van der Waals surface area contributed by atoms with Crippen molar-refractivity contribution in [2.24, 2.45) is 0 Å². The monoisotopic (exact) mass is 271 g/mol. The predicted octanol–water partition coefficient (Wildman–Crippen LogP) is 1.86. The molecule has 1 fully saturated rings. The molecule has 0 saturated carbocycles. The van der Waals surface area contributed by atoms with E-state index in [4.69, 9.17) is 0 Å². The lowest BCUT2D eigenvalue weighted by Crippen LogP contribution is -2.27. The maximum atomic E-state index is 11.6. The van der Waals surface area contributed by atoms with E-state index < -0.39 is 0 Å². The Morgan fingerprint density at radius 3 is 3.05 bits per heavy atom. The third kappa shape index (κ3) is 2.59. The number of H-pyrrole nitrogens is 1. The van der Waals surface area contributed by atoms with E-state index in [9.17, 15) is 4.79 Å². The lowest BCUT2D eigenvalue weighted by molar-refractivity contribution is 0.252. The van der Waals surface area contributed by atoms with E-state index in [1.54, 1.807) is 4.90 Å². The predicted molar refractivity (Wildman–Crippen MR) is 77.8 cm³/mol. The molecule has 2 aromatic rings. The van der Waals surface area contributed by atoms with E-state index >= 15 is 0 Å². The fraction of sp³-hybridized carbons (Fsp3) is 0.286. The number of nitrogens with zero attached hydrogens (tertiary/aromatic N) is 2. The quantitative estimate of drug-likeness (QED) is 0.794. The molecule has 0 atom stereocenters. The van der Waals surface area contributed by atoms with E-state index in [2.05, 4.69) is 20.6 Å². The number of carbonyl (C=O) groups is 1. The van der Waals surface area contributed by atoms with Gasteiger partial charge in [-0.2, -0.15) is 0 Å². The molecular weight excluding hydrogens is 254 g/mol. The summed E-state index contributed by atoms with van der Waals surface area (Å²) in [6, 6.07) is 7.82. The minimum Gasteiger partial charge on any atom is -0.379 e. The molecule has 3 rings (SSSR count). The van der Waals surface area contributed by atoms with E-state index in [1.807, 2.05) is 37.4 Å². The Hall–Kier alpha value is -2.50. The van der Waals surface area contributed by atoms with Crippen LogP contribution in [-0.4, -0.2) is 29.1 Å². The topological polar surface area (TPSA) is 73.1 Å². The van der Waals surface area contributed by atoms with Crippen LogP contribution in [-0.2, 0) is 6.54 Å². The third-order valence-electron chi connectivity index (χ3n) is 3.25. The van der Waals surface area contributed by atoms with Crippen LogP contribution in [0.1, 0.15) is 11.5 Å². The smallest absolute Gasteiger partial charge is 0.321 e. The molecule has 1 saturated heterocycles. The fourth-order valence-electron chi connectivity index (χ4n) is 2.26. The molecule has 6 heteroatoms. The number of anilines is 2. The zero-order valence-corrected chi connectivity index (χ0v) is 11.3. The second-order valence-corrected chi connectivity index (χ2v) is 4.78. The van der Waals surface area contributed by atoms with E-state index in [0.29, 0.717) is 19.6 Å². The SMILES string of the molecule is Cc1ncc(CNc2cccc(N3CCNC3=O)c2)[nH]1. The van der Waals surface area contributed by atoms with Crippen molar-refractivity contribution in [1.82, 2.24) is 15.3 Å². The minimum absolute atomic E-state index is 0.0358. The number of amides is 2. The lowest BCUT2D eigenvalue weighted by Gasteiger charge is -2.15. The molecule has 0 unspecified atom stereocenters. The summed E-state index contributed by atoms with van der Waals surface area (Å²) in [7, 11) is 0. The Morgan fingerprint density at radius 1 is 1.45 bits per heavy atom. The molecule has 3 N–H and O–H groups in total. The van der Waals surface area contributed by atoms with Crippen LogP contribution in [0.5, 0.6) is 0 Å². The summed E-state index contributed by atoms with van der Waals surface area (Å²) in [4.78, 5) is 20.7. The first-order chi connectivity index (χ1) is 9.72. The molecule has 1 aliphatic rings. The highest BCUT2D eigenvalue weighted by Crippen LogP contribution is 2.21. The first-order valence-electron chi connectivity index (χ1n) is 6.62. The van der Waals surface area contributed by atoms with Crippen LogP contribution in [0.3, 0.4) is 0 Å². The van der Waals surface area contributed by atoms with Crippen molar-refractivity contribution < 1.29 is 4.79 Å². The Bertz CT molecular complexity index is 622. The van der Waals surface area contributed by atoms with E-state index in [0.717, 1.165) is 22.9 Å². The highest BCUT2D eigenvalue weighted by Gasteiger charge is 2.20. The summed E-state index contributed by atoms with van der Waals surface area (Å²) in [5, 5.41) is 6.12. The maximum Gasteiger partial charge on any atom is 0.321 e. The van der Waals surface area contributed by atoms with Crippen molar-refractivity contribution in [2.75, 3.05) is 23.3 Å². The summed E-state index contributed by atoms with van der Waals surface area (Å²) in [5.74, 6) is 0.907. The van der Waals surface area contributed by atoms with Gasteiger partial charge in [0.2, 0.25) is 0 Å². The molecular formula is C14H17N5O. The molecule has 0 radical (unpaired) electrons. The Balaban J connectivity index is 1.69. The Kier molecular flexibility index (Phi) is 3.28. The molecule has 0 spiro atoms. The standard InChI is InChI=1S/C14H17N5O/c1-10-16-8-12(18-10)9-17-11-3-2-4-13(7-11)19-6-5-15-14(19)20/h2-4,7-8,17H,5-6,9H2,1H3,(H,15,20)(H,16,18). The number of rotatable bonds is 4. The van der Waals surface area contributed by atoms with Gasteiger partial charge in [-0.1, -0.05) is 6.07 Å². The van der Waals surface area contributed by atoms with Gasteiger partial charge in [0.05, 0.1) is 18.4 Å². The number of imidazole rings is 1. The van der Waals surface area contributed by atoms with Crippen LogP contribution in [0, 0.1) is 6.92 Å². The average molecular weight is 271 g/mol. The van der Waals surface area contributed by atoms with Crippen LogP contribution in [0.15, 0.2) is 30.5 Å². The van der Waals surface area contributed by atoms with Gasteiger partial charge in [-0.05, 0) is 25.1 Å². The van der Waals surface area contributed by atoms with Gasteiger partial charge in [-0.25, -0.2) is 9.78 Å². The zero-order chi connectivity index (χ0) is 13.9. The van der Waals surface area contributed by atoms with E-state index in [1.165, 1.54) is 0 Å². The summed E-state index contributed by atoms with van der Waals surface area (Å²) in [5.41, 5.74) is 2.92. The molecule has 104 valence electrons. The van der Waals surface area contributed by atoms with Gasteiger partial charge < -0.3 is 15.6 Å². The lowest BCUT2D eigenvalue weighted by atomic mass is 10.2. The molecule has 0 aliphatic carbocycles. The van der Waals surface area contributed by atoms with Crippen LogP contribution in [0.4, 0.5) is 16.2 Å². The number of hydrogen-bond donors (Lipinski definition) is 3. The first-order valence-corrected chi connectivity index (χ1v) is 6.62. The number of carbonyl (C=O) groups excluding carboxylic acids is 1. The van der Waals surface area contributed by atoms with E-state index in [-0.39, 0.29) is 6.03 Å². The van der Waals surface area contributed by atoms with Crippen molar-refractivity contribution in [3.05, 3.63) is 42.0 Å². The normalized spacial score (nSPS) is 14.4. The van der Waals surface area contributed by atoms with Crippen LogP contribution in [0.2, 0.25) is 0 Å². The highest BCUT2D eigenvalue weighted by atomic mass is 16.2. The number of aryl methyl sites for hydroxylation is 1.